The van der Waals surface area contributed by atoms with Gasteiger partial charge in [-0.25, -0.2) is 4.99 Å². The van der Waals surface area contributed by atoms with E-state index in [4.69, 9.17) is 4.52 Å². The molecule has 2 N–H and O–H groups in total. The van der Waals surface area contributed by atoms with E-state index < -0.39 is 0 Å². The summed E-state index contributed by atoms with van der Waals surface area (Å²) in [7, 11) is 0. The van der Waals surface area contributed by atoms with Crippen molar-refractivity contribution < 1.29 is 4.52 Å². The summed E-state index contributed by atoms with van der Waals surface area (Å²) in [5.74, 6) is 2.69. The summed E-state index contributed by atoms with van der Waals surface area (Å²) < 4.78 is 4.99. The summed E-state index contributed by atoms with van der Waals surface area (Å²) in [6.07, 6.45) is 4.74. The number of nitrogens with zero attached hydrogens (tertiary/aromatic N) is 3. The zero-order valence-corrected chi connectivity index (χ0v) is 15.0. The maximum absolute atomic E-state index is 4.99. The van der Waals surface area contributed by atoms with Crippen LogP contribution in [0.25, 0.3) is 0 Å². The average molecular weight is 341 g/mol. The first-order chi connectivity index (χ1) is 12.2. The van der Waals surface area contributed by atoms with E-state index in [-0.39, 0.29) is 0 Å². The van der Waals surface area contributed by atoms with Gasteiger partial charge in [-0.2, -0.15) is 4.98 Å². The van der Waals surface area contributed by atoms with Gasteiger partial charge in [0.2, 0.25) is 5.89 Å². The van der Waals surface area contributed by atoms with Crippen LogP contribution in [0.1, 0.15) is 55.8 Å². The minimum atomic E-state index is 0.423. The van der Waals surface area contributed by atoms with Crippen LogP contribution in [0.5, 0.6) is 0 Å². The Morgan fingerprint density at radius 1 is 1.20 bits per heavy atom. The van der Waals surface area contributed by atoms with Gasteiger partial charge in [0.05, 0.1) is 0 Å². The van der Waals surface area contributed by atoms with Crippen LogP contribution in [0.15, 0.2) is 39.8 Å². The summed E-state index contributed by atoms with van der Waals surface area (Å²) in [6.45, 7) is 5.11. The Hall–Kier alpha value is -2.37. The maximum Gasteiger partial charge on any atom is 0.223 e. The Kier molecular flexibility index (Phi) is 6.04. The van der Waals surface area contributed by atoms with Crippen LogP contribution in [0.2, 0.25) is 0 Å². The number of guanidine groups is 1. The van der Waals surface area contributed by atoms with Gasteiger partial charge in [0.15, 0.2) is 11.8 Å². The summed E-state index contributed by atoms with van der Waals surface area (Å²) in [5.41, 5.74) is 1.47. The lowest BCUT2D eigenvalue weighted by atomic mass is 9.82. The number of aromatic nitrogens is 2. The van der Waals surface area contributed by atoms with Crippen molar-refractivity contribution in [2.24, 2.45) is 4.99 Å². The Morgan fingerprint density at radius 3 is 2.60 bits per heavy atom. The minimum absolute atomic E-state index is 0.423. The second kappa shape index (κ2) is 8.65. The largest absolute Gasteiger partial charge is 0.357 e. The van der Waals surface area contributed by atoms with Gasteiger partial charge < -0.3 is 15.2 Å². The van der Waals surface area contributed by atoms with Crippen LogP contribution in [-0.2, 0) is 6.54 Å². The highest BCUT2D eigenvalue weighted by atomic mass is 16.5. The van der Waals surface area contributed by atoms with Crippen molar-refractivity contribution in [2.45, 2.75) is 58.0 Å². The fourth-order valence-corrected chi connectivity index (χ4v) is 3.36. The number of hydrogen-bond acceptors (Lipinski definition) is 4. The van der Waals surface area contributed by atoms with Crippen LogP contribution >= 0.6 is 0 Å². The first-order valence-electron chi connectivity index (χ1n) is 9.13. The molecule has 6 heteroatoms. The van der Waals surface area contributed by atoms with E-state index in [9.17, 15) is 0 Å². The van der Waals surface area contributed by atoms with Crippen LogP contribution < -0.4 is 10.6 Å². The molecule has 1 aromatic carbocycles. The highest BCUT2D eigenvalue weighted by molar-refractivity contribution is 5.80. The van der Waals surface area contributed by atoms with E-state index in [0.29, 0.717) is 30.2 Å². The molecule has 25 heavy (non-hydrogen) atoms. The molecule has 0 bridgehead atoms. The lowest BCUT2D eigenvalue weighted by molar-refractivity contribution is 0.371. The molecule has 1 fully saturated rings. The summed E-state index contributed by atoms with van der Waals surface area (Å²) in [6, 6.07) is 11.3. The summed E-state index contributed by atoms with van der Waals surface area (Å²) in [4.78, 5) is 8.77. The van der Waals surface area contributed by atoms with Gasteiger partial charge >= 0.3 is 0 Å². The molecule has 0 amide bonds. The van der Waals surface area contributed by atoms with Gasteiger partial charge in [-0.3, -0.25) is 0 Å². The number of aliphatic imine (C=N–C) groups is 1. The second-order valence-corrected chi connectivity index (χ2v) is 6.53. The molecule has 0 radical (unpaired) electrons. The normalized spacial score (nSPS) is 21.1. The first kappa shape index (κ1) is 17.5. The number of hydrogen-bond donors (Lipinski definition) is 2. The van der Waals surface area contributed by atoms with Crippen molar-refractivity contribution in [3.05, 3.63) is 47.6 Å². The van der Waals surface area contributed by atoms with Gasteiger partial charge in [0.25, 0.3) is 0 Å². The maximum atomic E-state index is 4.99. The smallest absolute Gasteiger partial charge is 0.223 e. The topological polar surface area (TPSA) is 75.3 Å². The molecule has 2 aromatic rings. The van der Waals surface area contributed by atoms with E-state index in [0.717, 1.165) is 25.3 Å². The predicted molar refractivity (Wildman–Crippen MR) is 98.4 cm³/mol. The van der Waals surface area contributed by atoms with Crippen molar-refractivity contribution >= 4 is 5.96 Å². The molecule has 1 saturated carbocycles. The van der Waals surface area contributed by atoms with E-state index >= 15 is 0 Å². The summed E-state index contributed by atoms with van der Waals surface area (Å²) >= 11 is 0. The lowest BCUT2D eigenvalue weighted by Crippen LogP contribution is -2.44. The summed E-state index contributed by atoms with van der Waals surface area (Å²) in [5, 5.41) is 10.8. The zero-order valence-electron chi connectivity index (χ0n) is 15.0. The van der Waals surface area contributed by atoms with Gasteiger partial charge in [-0.05, 0) is 44.1 Å². The van der Waals surface area contributed by atoms with Crippen molar-refractivity contribution in [1.82, 2.24) is 20.8 Å². The van der Waals surface area contributed by atoms with Gasteiger partial charge in [-0.15, -0.1) is 0 Å². The third-order valence-corrected chi connectivity index (χ3v) is 4.63. The Bertz CT molecular complexity index is 674. The third kappa shape index (κ3) is 5.05. The fraction of sp³-hybridized carbons (Fsp3) is 0.526. The number of aryl methyl sites for hydroxylation is 1. The molecule has 3 rings (SSSR count). The number of benzene rings is 1. The number of rotatable bonds is 5. The van der Waals surface area contributed by atoms with E-state index in [2.05, 4.69) is 63.0 Å². The molecular weight excluding hydrogens is 314 g/mol. The average Bonchev–Trinajstić information content (AvgIpc) is 3.07. The molecule has 0 aliphatic heterocycles. The third-order valence-electron chi connectivity index (χ3n) is 4.63. The van der Waals surface area contributed by atoms with Crippen molar-refractivity contribution in [1.29, 1.82) is 0 Å². The monoisotopic (exact) mass is 341 g/mol. The van der Waals surface area contributed by atoms with E-state index in [1.165, 1.54) is 18.4 Å². The molecule has 1 heterocycles. The van der Waals surface area contributed by atoms with Gasteiger partial charge in [0.1, 0.15) is 6.54 Å². The van der Waals surface area contributed by atoms with Gasteiger partial charge in [0, 0.05) is 19.5 Å². The highest BCUT2D eigenvalue weighted by Crippen LogP contribution is 2.32. The van der Waals surface area contributed by atoms with E-state index in [1.807, 2.05) is 0 Å². The standard InChI is InChI=1S/C19H27N5O/c1-3-20-19(21-13-18-22-14(2)25-24-18)23-17-11-9-16(10-12-17)15-7-5-4-6-8-15/h4-8,16-17H,3,9-13H2,1-2H3,(H2,20,21,23). The van der Waals surface area contributed by atoms with Crippen LogP contribution in [-0.4, -0.2) is 28.7 Å². The van der Waals surface area contributed by atoms with Crippen molar-refractivity contribution in [3.63, 3.8) is 0 Å². The van der Waals surface area contributed by atoms with E-state index in [1.54, 1.807) is 6.92 Å². The lowest BCUT2D eigenvalue weighted by Gasteiger charge is -2.30. The second-order valence-electron chi connectivity index (χ2n) is 6.53. The molecule has 0 unspecified atom stereocenters. The quantitative estimate of drug-likeness (QED) is 0.645. The van der Waals surface area contributed by atoms with Crippen LogP contribution in [0.4, 0.5) is 0 Å². The molecule has 134 valence electrons. The predicted octanol–water partition coefficient (Wildman–Crippen LogP) is 3.16. The van der Waals surface area contributed by atoms with Crippen LogP contribution in [0, 0.1) is 6.92 Å². The molecule has 6 nitrogen and oxygen atoms in total. The molecule has 0 saturated heterocycles. The fourth-order valence-electron chi connectivity index (χ4n) is 3.36. The molecule has 1 aliphatic carbocycles. The van der Waals surface area contributed by atoms with Crippen LogP contribution in [0.3, 0.4) is 0 Å². The SMILES string of the molecule is CCNC(=NCc1noc(C)n1)NC1CCC(c2ccccc2)CC1. The Morgan fingerprint density at radius 2 is 1.96 bits per heavy atom. The highest BCUT2D eigenvalue weighted by Gasteiger charge is 2.22. The number of nitrogens with one attached hydrogen (secondary N) is 2. The Labute approximate surface area is 149 Å². The van der Waals surface area contributed by atoms with Crippen molar-refractivity contribution in [2.75, 3.05) is 6.54 Å². The molecule has 0 atom stereocenters. The molecule has 1 aromatic heterocycles. The Balaban J connectivity index is 1.52. The van der Waals surface area contributed by atoms with Crippen molar-refractivity contribution in [3.8, 4) is 0 Å². The van der Waals surface area contributed by atoms with Gasteiger partial charge in [-0.1, -0.05) is 35.5 Å². The minimum Gasteiger partial charge on any atom is -0.357 e. The molecular formula is C19H27N5O. The first-order valence-corrected chi connectivity index (χ1v) is 9.13. The zero-order chi connectivity index (χ0) is 17.5. The molecule has 0 spiro atoms. The molecule has 1 aliphatic rings.